The molecule has 1 fully saturated rings. The molecule has 0 bridgehead atoms. The molecule has 2 unspecified atom stereocenters. The van der Waals surface area contributed by atoms with E-state index < -0.39 is 11.9 Å². The third-order valence-corrected chi connectivity index (χ3v) is 3.67. The molecule has 4 nitrogen and oxygen atoms in total. The van der Waals surface area contributed by atoms with Crippen LogP contribution in [0.1, 0.15) is 38.8 Å². The monoisotopic (exact) mass is 288 g/mol. The molecule has 0 radical (unpaired) electrons. The maximum Gasteiger partial charge on any atom is 0.433 e. The van der Waals surface area contributed by atoms with Gasteiger partial charge < -0.3 is 11.2 Å². The molecule has 0 aliphatic carbocycles. The summed E-state index contributed by atoms with van der Waals surface area (Å²) in [6, 6.07) is 1.46. The average molecular weight is 288 g/mol. The number of nitrogens with one attached hydrogen (secondary N) is 1. The van der Waals surface area contributed by atoms with Crippen molar-refractivity contribution in [2.75, 3.05) is 11.2 Å². The number of nitrogen functional groups attached to an aromatic ring is 1. The van der Waals surface area contributed by atoms with E-state index in [4.69, 9.17) is 5.73 Å². The number of halogens is 3. The Labute approximate surface area is 116 Å². The van der Waals surface area contributed by atoms with Gasteiger partial charge in [-0.15, -0.1) is 0 Å². The zero-order chi connectivity index (χ0) is 14.9. The zero-order valence-corrected chi connectivity index (χ0v) is 11.5. The average Bonchev–Trinajstić information content (AvgIpc) is 2.34. The first-order valence-corrected chi connectivity index (χ1v) is 6.66. The predicted octanol–water partition coefficient (Wildman–Crippen LogP) is 3.27. The first-order chi connectivity index (χ1) is 9.29. The molecule has 7 heteroatoms. The maximum absolute atomic E-state index is 12.7. The lowest BCUT2D eigenvalue weighted by Gasteiger charge is -2.39. The van der Waals surface area contributed by atoms with Crippen LogP contribution in [0.2, 0.25) is 0 Å². The van der Waals surface area contributed by atoms with Crippen LogP contribution in [0.3, 0.4) is 0 Å². The van der Waals surface area contributed by atoms with Crippen LogP contribution in [0, 0.1) is 0 Å². The van der Waals surface area contributed by atoms with Crippen molar-refractivity contribution >= 4 is 11.4 Å². The van der Waals surface area contributed by atoms with E-state index in [0.29, 0.717) is 0 Å². The molecule has 1 aromatic heterocycles. The molecule has 20 heavy (non-hydrogen) atoms. The summed E-state index contributed by atoms with van der Waals surface area (Å²) < 4.78 is 38.1. The molecule has 2 heterocycles. The summed E-state index contributed by atoms with van der Waals surface area (Å²) in [5, 5.41) is 1.97. The van der Waals surface area contributed by atoms with E-state index in [9.17, 15) is 13.2 Å². The minimum atomic E-state index is -4.47. The lowest BCUT2D eigenvalue weighted by atomic mass is 10.00. The number of aromatic nitrogens is 1. The van der Waals surface area contributed by atoms with Crippen molar-refractivity contribution in [3.63, 3.8) is 0 Å². The van der Waals surface area contributed by atoms with E-state index >= 15 is 0 Å². The number of pyridine rings is 1. The normalized spacial score (nSPS) is 24.6. The quantitative estimate of drug-likeness (QED) is 0.877. The van der Waals surface area contributed by atoms with Crippen molar-refractivity contribution in [1.29, 1.82) is 0 Å². The van der Waals surface area contributed by atoms with E-state index in [1.54, 1.807) is 0 Å². The van der Waals surface area contributed by atoms with Crippen molar-refractivity contribution in [3.8, 4) is 0 Å². The summed E-state index contributed by atoms with van der Waals surface area (Å²) in [6.45, 7) is 4.09. The van der Waals surface area contributed by atoms with Crippen molar-refractivity contribution < 1.29 is 13.2 Å². The Kier molecular flexibility index (Phi) is 4.08. The van der Waals surface area contributed by atoms with E-state index in [0.717, 1.165) is 31.5 Å². The SMILES string of the molecule is CC1CCCC(C)N1Nc1cc(C(F)(F)F)ncc1N. The molecule has 3 N–H and O–H groups in total. The minimum absolute atomic E-state index is 0.211. The first-order valence-electron chi connectivity index (χ1n) is 6.66. The van der Waals surface area contributed by atoms with Gasteiger partial charge in [-0.25, -0.2) is 9.99 Å². The molecule has 1 aliphatic heterocycles. The fourth-order valence-corrected chi connectivity index (χ4v) is 2.50. The Morgan fingerprint density at radius 1 is 1.30 bits per heavy atom. The topological polar surface area (TPSA) is 54.2 Å². The van der Waals surface area contributed by atoms with Crippen molar-refractivity contribution in [3.05, 3.63) is 18.0 Å². The number of hydrogen-bond donors (Lipinski definition) is 2. The van der Waals surface area contributed by atoms with E-state index in [-0.39, 0.29) is 23.5 Å². The molecule has 0 amide bonds. The summed E-state index contributed by atoms with van der Waals surface area (Å²) in [7, 11) is 0. The van der Waals surface area contributed by atoms with Crippen molar-refractivity contribution in [2.45, 2.75) is 51.4 Å². The smallest absolute Gasteiger partial charge is 0.396 e. The number of anilines is 2. The number of alkyl halides is 3. The van der Waals surface area contributed by atoms with Gasteiger partial charge in [-0.1, -0.05) is 6.42 Å². The second kappa shape index (κ2) is 5.47. The van der Waals surface area contributed by atoms with Crippen molar-refractivity contribution in [1.82, 2.24) is 9.99 Å². The number of piperidine rings is 1. The van der Waals surface area contributed by atoms with Gasteiger partial charge in [-0.3, -0.25) is 0 Å². The standard InChI is InChI=1S/C13H19F3N4/c1-8-4-3-5-9(2)20(8)19-11-6-12(13(14,15)16)18-7-10(11)17/h6-9H,3-5,17H2,1-2H3,(H,18,19). The molecule has 0 saturated carbocycles. The molecule has 1 aliphatic rings. The van der Waals surface area contributed by atoms with E-state index in [1.165, 1.54) is 0 Å². The lowest BCUT2D eigenvalue weighted by Crippen LogP contribution is -2.47. The molecule has 1 saturated heterocycles. The molecule has 112 valence electrons. The highest BCUT2D eigenvalue weighted by Crippen LogP contribution is 2.32. The summed E-state index contributed by atoms with van der Waals surface area (Å²) in [5.74, 6) is 0. The largest absolute Gasteiger partial charge is 0.433 e. The van der Waals surface area contributed by atoms with Crippen LogP contribution in [-0.2, 0) is 6.18 Å². The second-order valence-corrected chi connectivity index (χ2v) is 5.30. The van der Waals surface area contributed by atoms with Crippen molar-refractivity contribution in [2.24, 2.45) is 0 Å². The highest BCUT2D eigenvalue weighted by molar-refractivity contribution is 5.65. The molecule has 2 rings (SSSR count). The number of nitrogens with zero attached hydrogens (tertiary/aromatic N) is 2. The minimum Gasteiger partial charge on any atom is -0.396 e. The number of hydrazine groups is 1. The summed E-state index contributed by atoms with van der Waals surface area (Å²) >= 11 is 0. The lowest BCUT2D eigenvalue weighted by molar-refractivity contribution is -0.141. The molecule has 0 spiro atoms. The van der Waals surface area contributed by atoms with Gasteiger partial charge in [0.05, 0.1) is 17.6 Å². The van der Waals surface area contributed by atoms with Crippen LogP contribution >= 0.6 is 0 Å². The molecular weight excluding hydrogens is 269 g/mol. The van der Waals surface area contributed by atoms with Gasteiger partial charge in [0, 0.05) is 12.1 Å². The van der Waals surface area contributed by atoms with E-state index in [2.05, 4.69) is 10.4 Å². The molecule has 1 aromatic rings. The Bertz CT molecular complexity index is 465. The zero-order valence-electron chi connectivity index (χ0n) is 11.5. The predicted molar refractivity (Wildman–Crippen MR) is 71.9 cm³/mol. The van der Waals surface area contributed by atoms with Gasteiger partial charge in [0.15, 0.2) is 0 Å². The Balaban J connectivity index is 2.24. The van der Waals surface area contributed by atoms with Crippen LogP contribution in [0.15, 0.2) is 12.3 Å². The van der Waals surface area contributed by atoms with E-state index in [1.807, 2.05) is 18.9 Å². The Morgan fingerprint density at radius 2 is 1.90 bits per heavy atom. The first kappa shape index (κ1) is 14.9. The number of nitrogens with two attached hydrogens (primary N) is 1. The van der Waals surface area contributed by atoms with Gasteiger partial charge in [-0.05, 0) is 32.8 Å². The molecule has 2 atom stereocenters. The maximum atomic E-state index is 12.7. The van der Waals surface area contributed by atoms with Crippen LogP contribution in [0.25, 0.3) is 0 Å². The third kappa shape index (κ3) is 3.15. The number of rotatable bonds is 2. The Hall–Kier alpha value is -1.50. The van der Waals surface area contributed by atoms with Gasteiger partial charge in [-0.2, -0.15) is 13.2 Å². The molecule has 0 aromatic carbocycles. The third-order valence-electron chi connectivity index (χ3n) is 3.67. The Morgan fingerprint density at radius 3 is 2.45 bits per heavy atom. The molecular formula is C13H19F3N4. The summed E-state index contributed by atoms with van der Waals surface area (Å²) in [5.41, 5.74) is 8.28. The summed E-state index contributed by atoms with van der Waals surface area (Å²) in [4.78, 5) is 3.33. The van der Waals surface area contributed by atoms with Crippen LogP contribution in [-0.4, -0.2) is 22.1 Å². The number of hydrogen-bond acceptors (Lipinski definition) is 4. The van der Waals surface area contributed by atoms with Gasteiger partial charge in [0.2, 0.25) is 0 Å². The fourth-order valence-electron chi connectivity index (χ4n) is 2.50. The summed E-state index contributed by atoms with van der Waals surface area (Å²) in [6.07, 6.45) is -0.281. The van der Waals surface area contributed by atoms with Crippen LogP contribution in [0.5, 0.6) is 0 Å². The van der Waals surface area contributed by atoms with Crippen LogP contribution in [0.4, 0.5) is 24.5 Å². The van der Waals surface area contributed by atoms with Gasteiger partial charge in [0.25, 0.3) is 0 Å². The van der Waals surface area contributed by atoms with Crippen LogP contribution < -0.4 is 11.2 Å². The second-order valence-electron chi connectivity index (χ2n) is 5.30. The highest BCUT2D eigenvalue weighted by atomic mass is 19.4. The van der Waals surface area contributed by atoms with Gasteiger partial charge >= 0.3 is 6.18 Å². The fraction of sp³-hybridized carbons (Fsp3) is 0.615. The highest BCUT2D eigenvalue weighted by Gasteiger charge is 2.33. The van der Waals surface area contributed by atoms with Gasteiger partial charge in [0.1, 0.15) is 5.69 Å².